The summed E-state index contributed by atoms with van der Waals surface area (Å²) in [5, 5.41) is 0. The third kappa shape index (κ3) is 5.11. The fourth-order valence-corrected chi connectivity index (χ4v) is 38.3. The zero-order valence-corrected chi connectivity index (χ0v) is 28.2. The van der Waals surface area contributed by atoms with Crippen molar-refractivity contribution in [3.8, 4) is 0 Å². The van der Waals surface area contributed by atoms with Crippen molar-refractivity contribution in [1.82, 2.24) is 0 Å². The van der Waals surface area contributed by atoms with Gasteiger partial charge in [0.15, 0.2) is 0 Å². The van der Waals surface area contributed by atoms with Crippen molar-refractivity contribution < 1.29 is 0 Å². The van der Waals surface area contributed by atoms with Gasteiger partial charge < -0.3 is 0 Å². The standard InChI is InChI=1S/6C6H5.C2H2.2Sn/c6*1-2-4-6-5-3-1;1-2;;/h6*1-5H;1-2H;;. The van der Waals surface area contributed by atoms with Gasteiger partial charge in [0, 0.05) is 0 Å². The van der Waals surface area contributed by atoms with Crippen LogP contribution in [-0.4, -0.2) is 36.8 Å². The van der Waals surface area contributed by atoms with Crippen LogP contribution in [0.15, 0.2) is 190 Å². The predicted molar refractivity (Wildman–Crippen MR) is 177 cm³/mol. The fourth-order valence-electron chi connectivity index (χ4n) is 6.03. The van der Waals surface area contributed by atoms with E-state index in [0.29, 0.717) is 0 Å². The molecule has 0 amide bonds. The van der Waals surface area contributed by atoms with E-state index in [1.165, 1.54) is 21.5 Å². The van der Waals surface area contributed by atoms with Gasteiger partial charge in [-0.05, 0) is 0 Å². The Morgan fingerprint density at radius 1 is 0.225 bits per heavy atom. The second kappa shape index (κ2) is 12.4. The van der Waals surface area contributed by atoms with Crippen LogP contribution in [0.1, 0.15) is 0 Å². The van der Waals surface area contributed by atoms with Gasteiger partial charge in [-0.25, -0.2) is 0 Å². The van der Waals surface area contributed by atoms with Gasteiger partial charge >= 0.3 is 248 Å². The Kier molecular flexibility index (Phi) is 8.36. The molecule has 192 valence electrons. The first-order chi connectivity index (χ1) is 19.8. The van der Waals surface area contributed by atoms with Gasteiger partial charge in [-0.1, -0.05) is 0 Å². The second-order valence-corrected chi connectivity index (χ2v) is 31.2. The minimum absolute atomic E-state index is 1.47. The molecule has 0 heterocycles. The summed E-state index contributed by atoms with van der Waals surface area (Å²) in [5.74, 6) is 0. The van der Waals surface area contributed by atoms with Crippen molar-refractivity contribution in [2.75, 3.05) is 0 Å². The summed E-state index contributed by atoms with van der Waals surface area (Å²) in [6.07, 6.45) is 0. The number of hydrogen-bond donors (Lipinski definition) is 0. The van der Waals surface area contributed by atoms with E-state index in [-0.39, 0.29) is 0 Å². The maximum atomic E-state index is 2.75. The molecule has 0 aliphatic heterocycles. The zero-order chi connectivity index (χ0) is 27.1. The molecule has 0 aromatic heterocycles. The monoisotopic (exact) mass is 728 g/mol. The number of rotatable bonds is 8. The van der Waals surface area contributed by atoms with Gasteiger partial charge in [-0.15, -0.1) is 0 Å². The fraction of sp³-hybridized carbons (Fsp3) is 0. The molecule has 0 aliphatic carbocycles. The summed E-state index contributed by atoms with van der Waals surface area (Å²) in [5.41, 5.74) is 0. The quantitative estimate of drug-likeness (QED) is 0.195. The van der Waals surface area contributed by atoms with Crippen LogP contribution < -0.4 is 21.5 Å². The average molecular weight is 726 g/mol. The average Bonchev–Trinajstić information content (AvgIpc) is 3.06. The molecule has 0 spiro atoms. The van der Waals surface area contributed by atoms with E-state index in [2.05, 4.69) is 190 Å². The Morgan fingerprint density at radius 2 is 0.375 bits per heavy atom. The minimum atomic E-state index is -3.64. The third-order valence-corrected chi connectivity index (χ3v) is 35.8. The summed E-state index contributed by atoms with van der Waals surface area (Å²) >= 11 is -7.28. The van der Waals surface area contributed by atoms with Crippen LogP contribution in [-0.2, 0) is 0 Å². The van der Waals surface area contributed by atoms with Crippen LogP contribution in [0.25, 0.3) is 0 Å². The van der Waals surface area contributed by atoms with E-state index in [0.717, 1.165) is 0 Å². The molecule has 2 heteroatoms. The van der Waals surface area contributed by atoms with Crippen molar-refractivity contribution in [1.29, 1.82) is 0 Å². The van der Waals surface area contributed by atoms with Crippen LogP contribution in [0.3, 0.4) is 0 Å². The molecule has 0 saturated heterocycles. The van der Waals surface area contributed by atoms with Gasteiger partial charge in [-0.3, -0.25) is 0 Å². The van der Waals surface area contributed by atoms with Crippen LogP contribution in [0.2, 0.25) is 0 Å². The normalized spacial score (nSPS) is 11.9. The Hall–Kier alpha value is -3.34. The maximum absolute atomic E-state index is 3.64. The van der Waals surface area contributed by atoms with Crippen molar-refractivity contribution >= 4 is 58.2 Å². The number of hydrogen-bond acceptors (Lipinski definition) is 0. The van der Waals surface area contributed by atoms with E-state index in [4.69, 9.17) is 0 Å². The molecule has 6 aromatic rings. The van der Waals surface area contributed by atoms with Gasteiger partial charge in [0.2, 0.25) is 0 Å². The Bertz CT molecular complexity index is 1330. The number of benzene rings is 6. The molecule has 0 nitrogen and oxygen atoms in total. The third-order valence-electron chi connectivity index (χ3n) is 7.96. The molecule has 0 fully saturated rings. The van der Waals surface area contributed by atoms with E-state index in [9.17, 15) is 0 Å². The summed E-state index contributed by atoms with van der Waals surface area (Å²) in [6, 6.07) is 67.8. The second-order valence-electron chi connectivity index (χ2n) is 10.1. The molecular formula is C38H32Sn2. The van der Waals surface area contributed by atoms with E-state index in [1.807, 2.05) is 0 Å². The molecular weight excluding hydrogens is 694 g/mol. The summed E-state index contributed by atoms with van der Waals surface area (Å²) in [7, 11) is 0. The SMILES string of the molecule is [CH](=[CH]\[Sn]([c]1ccccc1)([c]1ccccc1)[c]1ccccc1)/[Sn]([c]1ccccc1)([c]1ccccc1)[c]1ccccc1. The molecule has 0 aliphatic rings. The van der Waals surface area contributed by atoms with Crippen molar-refractivity contribution in [2.45, 2.75) is 0 Å². The van der Waals surface area contributed by atoms with Crippen LogP contribution in [0, 0.1) is 0 Å². The summed E-state index contributed by atoms with van der Waals surface area (Å²) in [4.78, 5) is 0. The molecule has 40 heavy (non-hydrogen) atoms. The first-order valence-electron chi connectivity index (χ1n) is 13.9. The summed E-state index contributed by atoms with van der Waals surface area (Å²) < 4.78 is 14.3. The van der Waals surface area contributed by atoms with E-state index >= 15 is 0 Å². The molecule has 0 saturated carbocycles. The van der Waals surface area contributed by atoms with Gasteiger partial charge in [0.05, 0.1) is 0 Å². The van der Waals surface area contributed by atoms with Gasteiger partial charge in [0.1, 0.15) is 0 Å². The van der Waals surface area contributed by atoms with Crippen LogP contribution >= 0.6 is 0 Å². The van der Waals surface area contributed by atoms with Crippen molar-refractivity contribution in [3.63, 3.8) is 0 Å². The van der Waals surface area contributed by atoms with E-state index < -0.39 is 36.8 Å². The molecule has 0 N–H and O–H groups in total. The van der Waals surface area contributed by atoms with Crippen molar-refractivity contribution in [2.24, 2.45) is 0 Å². The molecule has 0 unspecified atom stereocenters. The summed E-state index contributed by atoms with van der Waals surface area (Å²) in [6.45, 7) is 0. The zero-order valence-electron chi connectivity index (χ0n) is 22.5. The topological polar surface area (TPSA) is 0 Å². The van der Waals surface area contributed by atoms with Gasteiger partial charge in [-0.2, -0.15) is 0 Å². The van der Waals surface area contributed by atoms with E-state index in [1.54, 1.807) is 0 Å². The van der Waals surface area contributed by atoms with Crippen LogP contribution in [0.4, 0.5) is 0 Å². The molecule has 0 bridgehead atoms. The Labute approximate surface area is 246 Å². The molecule has 0 atom stereocenters. The first kappa shape index (κ1) is 26.9. The van der Waals surface area contributed by atoms with Crippen LogP contribution in [0.5, 0.6) is 0 Å². The molecule has 6 aromatic carbocycles. The molecule has 0 radical (unpaired) electrons. The Balaban J connectivity index is 1.72. The van der Waals surface area contributed by atoms with Gasteiger partial charge in [0.25, 0.3) is 0 Å². The van der Waals surface area contributed by atoms with Crippen molar-refractivity contribution in [3.05, 3.63) is 190 Å². The molecule has 6 rings (SSSR count). The first-order valence-corrected chi connectivity index (χ1v) is 25.7. The Morgan fingerprint density at radius 3 is 0.525 bits per heavy atom. The predicted octanol–water partition coefficient (Wildman–Crippen LogP) is 4.96.